The summed E-state index contributed by atoms with van der Waals surface area (Å²) in [4.78, 5) is 8.63. The zero-order valence-electron chi connectivity index (χ0n) is 13.5. The Balaban J connectivity index is 2.58. The monoisotopic (exact) mass is 276 g/mol. The second-order valence-corrected chi connectivity index (χ2v) is 5.24. The van der Waals surface area contributed by atoms with Crippen LogP contribution in [0.4, 0.5) is 5.69 Å². The van der Waals surface area contributed by atoms with Gasteiger partial charge in [0.15, 0.2) is 5.96 Å². The molecule has 0 bridgehead atoms. The molecule has 0 unspecified atom stereocenters. The highest BCUT2D eigenvalue weighted by Gasteiger charge is 2.05. The molecule has 0 fully saturated rings. The van der Waals surface area contributed by atoms with Crippen LogP contribution in [-0.4, -0.2) is 45.6 Å². The Morgan fingerprint density at radius 1 is 1.25 bits per heavy atom. The summed E-state index contributed by atoms with van der Waals surface area (Å²) in [5, 5.41) is 3.42. The number of guanidine groups is 1. The smallest absolute Gasteiger partial charge is 0.193 e. The van der Waals surface area contributed by atoms with E-state index in [4.69, 9.17) is 0 Å². The molecule has 0 spiro atoms. The number of hydrogen-bond acceptors (Lipinski definition) is 2. The summed E-state index contributed by atoms with van der Waals surface area (Å²) in [6, 6.07) is 8.55. The quantitative estimate of drug-likeness (QED) is 0.640. The first-order valence-corrected chi connectivity index (χ1v) is 7.26. The first kappa shape index (κ1) is 16.3. The molecular weight excluding hydrogens is 248 g/mol. The van der Waals surface area contributed by atoms with Crippen LogP contribution in [0.1, 0.15) is 25.3 Å². The maximum Gasteiger partial charge on any atom is 0.193 e. The van der Waals surface area contributed by atoms with Gasteiger partial charge in [-0.3, -0.25) is 4.99 Å². The average Bonchev–Trinajstić information content (AvgIpc) is 2.46. The molecule has 1 N–H and O–H groups in total. The maximum atomic E-state index is 4.33. The standard InChI is InChI=1S/C16H28N4/c1-6-7-11-20(5)16(17-2)18-13-14-9-8-10-15(12-14)19(3)4/h8-10,12H,6-7,11,13H2,1-5H3,(H,17,18). The van der Waals surface area contributed by atoms with E-state index in [0.717, 1.165) is 19.0 Å². The minimum absolute atomic E-state index is 0.796. The Bertz CT molecular complexity index is 426. The lowest BCUT2D eigenvalue weighted by atomic mass is 10.2. The lowest BCUT2D eigenvalue weighted by molar-refractivity contribution is 0.464. The van der Waals surface area contributed by atoms with Gasteiger partial charge in [-0.2, -0.15) is 0 Å². The van der Waals surface area contributed by atoms with Crippen molar-refractivity contribution in [2.24, 2.45) is 4.99 Å². The summed E-state index contributed by atoms with van der Waals surface area (Å²) in [5.41, 5.74) is 2.49. The second-order valence-electron chi connectivity index (χ2n) is 5.24. The molecule has 0 heterocycles. The van der Waals surface area contributed by atoms with Crippen molar-refractivity contribution >= 4 is 11.6 Å². The number of hydrogen-bond donors (Lipinski definition) is 1. The molecule has 20 heavy (non-hydrogen) atoms. The van der Waals surface area contributed by atoms with Crippen LogP contribution < -0.4 is 10.2 Å². The maximum absolute atomic E-state index is 4.33. The van der Waals surface area contributed by atoms with Crippen LogP contribution >= 0.6 is 0 Å². The zero-order chi connectivity index (χ0) is 15.0. The Kier molecular flexibility index (Phi) is 6.91. The van der Waals surface area contributed by atoms with Gasteiger partial charge in [0.2, 0.25) is 0 Å². The van der Waals surface area contributed by atoms with Crippen LogP contribution in [0.25, 0.3) is 0 Å². The molecule has 112 valence electrons. The molecule has 0 radical (unpaired) electrons. The van der Waals surface area contributed by atoms with Gasteiger partial charge in [-0.05, 0) is 24.1 Å². The number of benzene rings is 1. The zero-order valence-corrected chi connectivity index (χ0v) is 13.5. The number of aliphatic imine (C=N–C) groups is 1. The van der Waals surface area contributed by atoms with Crippen molar-refractivity contribution in [1.82, 2.24) is 10.2 Å². The van der Waals surface area contributed by atoms with E-state index >= 15 is 0 Å². The molecule has 1 aromatic carbocycles. The predicted molar refractivity (Wildman–Crippen MR) is 88.5 cm³/mol. The fraction of sp³-hybridized carbons (Fsp3) is 0.562. The Morgan fingerprint density at radius 3 is 2.60 bits per heavy atom. The third kappa shape index (κ3) is 5.11. The minimum Gasteiger partial charge on any atom is -0.378 e. The van der Waals surface area contributed by atoms with E-state index in [9.17, 15) is 0 Å². The van der Waals surface area contributed by atoms with Crippen LogP contribution in [-0.2, 0) is 6.54 Å². The van der Waals surface area contributed by atoms with Crippen molar-refractivity contribution in [2.45, 2.75) is 26.3 Å². The SMILES string of the molecule is CCCCN(C)C(=NC)NCc1cccc(N(C)C)c1. The summed E-state index contributed by atoms with van der Waals surface area (Å²) >= 11 is 0. The highest BCUT2D eigenvalue weighted by molar-refractivity contribution is 5.79. The number of unbranched alkanes of at least 4 members (excludes halogenated alkanes) is 1. The topological polar surface area (TPSA) is 30.9 Å². The fourth-order valence-electron chi connectivity index (χ4n) is 2.01. The molecule has 4 heteroatoms. The Morgan fingerprint density at radius 2 is 2.00 bits per heavy atom. The van der Waals surface area contributed by atoms with E-state index in [2.05, 4.69) is 72.4 Å². The average molecular weight is 276 g/mol. The van der Waals surface area contributed by atoms with Crippen LogP contribution in [0.5, 0.6) is 0 Å². The summed E-state index contributed by atoms with van der Waals surface area (Å²) in [6.45, 7) is 4.04. The Hall–Kier alpha value is -1.71. The first-order chi connectivity index (χ1) is 9.58. The number of anilines is 1. The molecule has 4 nitrogen and oxygen atoms in total. The molecule has 0 aliphatic carbocycles. The number of rotatable bonds is 6. The van der Waals surface area contributed by atoms with Gasteiger partial charge in [0, 0.05) is 47.0 Å². The number of nitrogens with zero attached hydrogens (tertiary/aromatic N) is 3. The van der Waals surface area contributed by atoms with Crippen molar-refractivity contribution in [3.63, 3.8) is 0 Å². The summed E-state index contributed by atoms with van der Waals surface area (Å²) < 4.78 is 0. The van der Waals surface area contributed by atoms with E-state index in [-0.39, 0.29) is 0 Å². The Labute approximate surface area is 123 Å². The summed E-state index contributed by atoms with van der Waals surface area (Å²) in [7, 11) is 8.04. The van der Waals surface area contributed by atoms with Gasteiger partial charge < -0.3 is 15.1 Å². The largest absolute Gasteiger partial charge is 0.378 e. The van der Waals surface area contributed by atoms with Gasteiger partial charge in [0.05, 0.1) is 0 Å². The van der Waals surface area contributed by atoms with Crippen LogP contribution in [0.15, 0.2) is 29.3 Å². The molecule has 0 atom stereocenters. The second kappa shape index (κ2) is 8.46. The highest BCUT2D eigenvalue weighted by atomic mass is 15.3. The van der Waals surface area contributed by atoms with E-state index in [1.165, 1.54) is 24.1 Å². The summed E-state index contributed by atoms with van der Waals surface area (Å²) in [6.07, 6.45) is 2.39. The molecule has 1 aromatic rings. The fourth-order valence-corrected chi connectivity index (χ4v) is 2.01. The third-order valence-corrected chi connectivity index (χ3v) is 3.30. The molecule has 1 rings (SSSR count). The van der Waals surface area contributed by atoms with Crippen molar-refractivity contribution in [3.8, 4) is 0 Å². The van der Waals surface area contributed by atoms with Gasteiger partial charge in [0.1, 0.15) is 0 Å². The molecule has 0 aliphatic rings. The van der Waals surface area contributed by atoms with E-state index < -0.39 is 0 Å². The van der Waals surface area contributed by atoms with Crippen molar-refractivity contribution in [1.29, 1.82) is 0 Å². The van der Waals surface area contributed by atoms with Gasteiger partial charge in [-0.25, -0.2) is 0 Å². The van der Waals surface area contributed by atoms with E-state index in [1.54, 1.807) is 0 Å². The minimum atomic E-state index is 0.796. The normalized spacial score (nSPS) is 11.3. The highest BCUT2D eigenvalue weighted by Crippen LogP contribution is 2.13. The van der Waals surface area contributed by atoms with Crippen LogP contribution in [0.2, 0.25) is 0 Å². The molecule has 0 saturated heterocycles. The molecule has 0 aliphatic heterocycles. The van der Waals surface area contributed by atoms with Gasteiger partial charge in [-0.1, -0.05) is 25.5 Å². The lowest BCUT2D eigenvalue weighted by Gasteiger charge is -2.22. The molecular formula is C16H28N4. The van der Waals surface area contributed by atoms with Crippen molar-refractivity contribution in [2.75, 3.05) is 39.6 Å². The van der Waals surface area contributed by atoms with E-state index in [1.807, 2.05) is 7.05 Å². The third-order valence-electron chi connectivity index (χ3n) is 3.30. The lowest BCUT2D eigenvalue weighted by Crippen LogP contribution is -2.38. The molecule has 0 saturated carbocycles. The van der Waals surface area contributed by atoms with Gasteiger partial charge in [0.25, 0.3) is 0 Å². The molecule has 0 amide bonds. The van der Waals surface area contributed by atoms with Gasteiger partial charge in [-0.15, -0.1) is 0 Å². The first-order valence-electron chi connectivity index (χ1n) is 7.26. The van der Waals surface area contributed by atoms with Crippen LogP contribution in [0, 0.1) is 0 Å². The number of nitrogens with one attached hydrogen (secondary N) is 1. The predicted octanol–water partition coefficient (Wildman–Crippen LogP) is 2.56. The summed E-state index contributed by atoms with van der Waals surface area (Å²) in [5.74, 6) is 0.953. The molecule has 0 aromatic heterocycles. The van der Waals surface area contributed by atoms with Gasteiger partial charge >= 0.3 is 0 Å². The van der Waals surface area contributed by atoms with Crippen molar-refractivity contribution in [3.05, 3.63) is 29.8 Å². The van der Waals surface area contributed by atoms with E-state index in [0.29, 0.717) is 0 Å². The van der Waals surface area contributed by atoms with Crippen LogP contribution in [0.3, 0.4) is 0 Å². The van der Waals surface area contributed by atoms with Crippen molar-refractivity contribution < 1.29 is 0 Å².